The van der Waals surface area contributed by atoms with Crippen molar-refractivity contribution >= 4 is 62.4 Å². The van der Waals surface area contributed by atoms with Crippen LogP contribution in [0.2, 0.25) is 5.02 Å². The van der Waals surface area contributed by atoms with Crippen LogP contribution in [0.4, 0.5) is 0 Å². The van der Waals surface area contributed by atoms with Gasteiger partial charge in [0.25, 0.3) is 10.0 Å². The molecule has 0 aliphatic carbocycles. The Kier molecular flexibility index (Phi) is 6.17. The van der Waals surface area contributed by atoms with Crippen LogP contribution in [0.1, 0.15) is 12.5 Å². The highest BCUT2D eigenvalue weighted by Crippen LogP contribution is 2.37. The summed E-state index contributed by atoms with van der Waals surface area (Å²) in [4.78, 5) is 11.1. The van der Waals surface area contributed by atoms with Crippen LogP contribution in [0, 0.1) is 0 Å². The second-order valence-corrected chi connectivity index (χ2v) is 9.49. The second-order valence-electron chi connectivity index (χ2n) is 4.10. The fraction of sp³-hybridized carbons (Fsp3) is 0.364. The molecular weight excluding hydrogens is 384 g/mol. The van der Waals surface area contributed by atoms with E-state index >= 15 is 0 Å². The summed E-state index contributed by atoms with van der Waals surface area (Å²) in [7, 11) is -4.51. The summed E-state index contributed by atoms with van der Waals surface area (Å²) in [6, 6.07) is 4.95. The number of carboxylic acid groups (broad SMARTS) is 1. The number of nitrogens with zero attached hydrogens (tertiary/aromatic N) is 1. The van der Waals surface area contributed by atoms with Gasteiger partial charge in [0.1, 0.15) is 6.04 Å². The van der Waals surface area contributed by atoms with Crippen molar-refractivity contribution in [2.24, 2.45) is 0 Å². The average molecular weight is 395 g/mol. The molecule has 0 aliphatic heterocycles. The predicted octanol–water partition coefficient (Wildman–Crippen LogP) is 3.27. The standard InChI is InChI=1S/C11H11Cl4NO4S/c1-7(10(17)18)16(21(19,20)11(13,14)15)6-8-4-2-3-5-9(8)12/h2-5,7H,6H2,1H3,(H,17,18). The van der Waals surface area contributed by atoms with Crippen molar-refractivity contribution in [2.75, 3.05) is 0 Å². The van der Waals surface area contributed by atoms with E-state index in [2.05, 4.69) is 0 Å². The predicted molar refractivity (Wildman–Crippen MR) is 83.3 cm³/mol. The number of hydrogen-bond acceptors (Lipinski definition) is 3. The molecule has 0 radical (unpaired) electrons. The molecule has 1 rings (SSSR count). The lowest BCUT2D eigenvalue weighted by molar-refractivity contribution is -0.141. The van der Waals surface area contributed by atoms with Crippen LogP contribution < -0.4 is 0 Å². The molecule has 0 saturated heterocycles. The molecule has 118 valence electrons. The number of alkyl halides is 3. The van der Waals surface area contributed by atoms with E-state index in [4.69, 9.17) is 51.5 Å². The lowest BCUT2D eigenvalue weighted by Gasteiger charge is -2.29. The number of carbonyl (C=O) groups is 1. The number of sulfonamides is 1. The Hall–Kier alpha value is -0.240. The summed E-state index contributed by atoms with van der Waals surface area (Å²) in [6.07, 6.45) is 0. The zero-order valence-electron chi connectivity index (χ0n) is 10.6. The van der Waals surface area contributed by atoms with Crippen molar-refractivity contribution in [2.45, 2.75) is 22.6 Å². The molecule has 0 fully saturated rings. The molecule has 1 N–H and O–H groups in total. The zero-order valence-corrected chi connectivity index (χ0v) is 14.5. The monoisotopic (exact) mass is 393 g/mol. The lowest BCUT2D eigenvalue weighted by atomic mass is 10.2. The van der Waals surface area contributed by atoms with E-state index in [9.17, 15) is 13.2 Å². The van der Waals surface area contributed by atoms with E-state index in [-0.39, 0.29) is 11.6 Å². The van der Waals surface area contributed by atoms with Crippen LogP contribution in [0.3, 0.4) is 0 Å². The Morgan fingerprint density at radius 3 is 2.29 bits per heavy atom. The Morgan fingerprint density at radius 2 is 1.86 bits per heavy atom. The molecule has 0 heterocycles. The van der Waals surface area contributed by atoms with Gasteiger partial charge in [-0.15, -0.1) is 0 Å². The normalized spacial score (nSPS) is 14.2. The van der Waals surface area contributed by atoms with Gasteiger partial charge in [0.15, 0.2) is 0 Å². The molecule has 0 aliphatic rings. The minimum Gasteiger partial charge on any atom is -0.480 e. The maximum Gasteiger partial charge on any atom is 0.321 e. The number of carboxylic acids is 1. The molecule has 0 saturated carbocycles. The number of hydrogen-bond donors (Lipinski definition) is 1. The molecule has 1 unspecified atom stereocenters. The molecule has 1 atom stereocenters. The maximum absolute atomic E-state index is 12.2. The second kappa shape index (κ2) is 6.89. The smallest absolute Gasteiger partial charge is 0.321 e. The Labute approximate surface area is 142 Å². The summed E-state index contributed by atoms with van der Waals surface area (Å²) in [5.74, 6) is -1.38. The molecule has 0 amide bonds. The minimum absolute atomic E-state index is 0.277. The molecule has 5 nitrogen and oxygen atoms in total. The summed E-state index contributed by atoms with van der Waals surface area (Å²) >= 11 is 22.3. The van der Waals surface area contributed by atoms with Crippen LogP contribution in [0.5, 0.6) is 0 Å². The third kappa shape index (κ3) is 4.37. The van der Waals surface area contributed by atoms with Crippen molar-refractivity contribution in [1.82, 2.24) is 4.31 Å². The van der Waals surface area contributed by atoms with E-state index in [0.29, 0.717) is 9.87 Å². The summed E-state index contributed by atoms with van der Waals surface area (Å²) in [5.41, 5.74) is 0.394. The first-order chi connectivity index (χ1) is 9.48. The molecule has 0 aromatic heterocycles. The largest absolute Gasteiger partial charge is 0.480 e. The maximum atomic E-state index is 12.2. The van der Waals surface area contributed by atoms with Crippen molar-refractivity contribution in [1.29, 1.82) is 0 Å². The summed E-state index contributed by atoms with van der Waals surface area (Å²) in [6.45, 7) is 0.844. The molecule has 21 heavy (non-hydrogen) atoms. The number of halogens is 4. The number of rotatable bonds is 5. The molecule has 0 bridgehead atoms. The third-order valence-electron chi connectivity index (χ3n) is 2.67. The Bertz CT molecular complexity index is 629. The molecule has 10 heteroatoms. The van der Waals surface area contributed by atoms with E-state index in [0.717, 1.165) is 0 Å². The summed E-state index contributed by atoms with van der Waals surface area (Å²) in [5, 5.41) is 9.34. The van der Waals surface area contributed by atoms with Gasteiger partial charge >= 0.3 is 9.09 Å². The first kappa shape index (κ1) is 18.8. The van der Waals surface area contributed by atoms with Gasteiger partial charge in [0.05, 0.1) is 0 Å². The number of benzene rings is 1. The van der Waals surface area contributed by atoms with Gasteiger partial charge < -0.3 is 5.11 Å². The van der Waals surface area contributed by atoms with Crippen molar-refractivity contribution in [3.63, 3.8) is 0 Å². The molecule has 1 aromatic rings. The van der Waals surface area contributed by atoms with Gasteiger partial charge in [-0.25, -0.2) is 8.42 Å². The molecule has 1 aromatic carbocycles. The van der Waals surface area contributed by atoms with Crippen LogP contribution in [-0.4, -0.2) is 33.0 Å². The molecular formula is C11H11Cl4NO4S. The van der Waals surface area contributed by atoms with Crippen LogP contribution in [0.25, 0.3) is 0 Å². The van der Waals surface area contributed by atoms with E-state index < -0.39 is 25.2 Å². The van der Waals surface area contributed by atoms with Gasteiger partial charge in [0.2, 0.25) is 0 Å². The van der Waals surface area contributed by atoms with Crippen LogP contribution in [-0.2, 0) is 21.4 Å². The topological polar surface area (TPSA) is 74.7 Å². The molecule has 0 spiro atoms. The SMILES string of the molecule is CC(C(=O)O)N(Cc1ccccc1Cl)S(=O)(=O)C(Cl)(Cl)Cl. The highest BCUT2D eigenvalue weighted by molar-refractivity contribution is 7.95. The van der Waals surface area contributed by atoms with Gasteiger partial charge in [-0.3, -0.25) is 4.79 Å². The zero-order chi connectivity index (χ0) is 16.4. The van der Waals surface area contributed by atoms with Gasteiger partial charge in [-0.05, 0) is 18.6 Å². The number of aliphatic carboxylic acids is 1. The highest BCUT2D eigenvalue weighted by Gasteiger charge is 2.46. The van der Waals surface area contributed by atoms with Crippen LogP contribution in [0.15, 0.2) is 24.3 Å². The van der Waals surface area contributed by atoms with Gasteiger partial charge in [0, 0.05) is 11.6 Å². The average Bonchev–Trinajstić information content (AvgIpc) is 2.35. The van der Waals surface area contributed by atoms with Gasteiger partial charge in [-0.1, -0.05) is 64.6 Å². The van der Waals surface area contributed by atoms with Crippen LogP contribution >= 0.6 is 46.4 Å². The first-order valence-electron chi connectivity index (χ1n) is 5.53. The van der Waals surface area contributed by atoms with E-state index in [1.807, 2.05) is 0 Å². The van der Waals surface area contributed by atoms with Crippen molar-refractivity contribution in [3.05, 3.63) is 34.9 Å². The fourth-order valence-corrected chi connectivity index (χ4v) is 3.56. The highest BCUT2D eigenvalue weighted by atomic mass is 35.6. The first-order valence-corrected chi connectivity index (χ1v) is 8.48. The third-order valence-corrected chi connectivity index (χ3v) is 6.45. The lowest BCUT2D eigenvalue weighted by Crippen LogP contribution is -2.47. The quantitative estimate of drug-likeness (QED) is 0.777. The Balaban J connectivity index is 3.29. The summed E-state index contributed by atoms with van der Waals surface area (Å²) < 4.78 is 22.4. The van der Waals surface area contributed by atoms with Gasteiger partial charge in [-0.2, -0.15) is 4.31 Å². The van der Waals surface area contributed by atoms with E-state index in [1.165, 1.54) is 6.92 Å². The van der Waals surface area contributed by atoms with Crippen molar-refractivity contribution in [3.8, 4) is 0 Å². The van der Waals surface area contributed by atoms with E-state index in [1.54, 1.807) is 24.3 Å². The van der Waals surface area contributed by atoms with Crippen molar-refractivity contribution < 1.29 is 18.3 Å². The Morgan fingerprint density at radius 1 is 1.33 bits per heavy atom. The fourth-order valence-electron chi connectivity index (χ4n) is 1.48. The minimum atomic E-state index is -4.51.